The molecule has 7 nitrogen and oxygen atoms in total. The van der Waals surface area contributed by atoms with Crippen molar-refractivity contribution >= 4 is 11.8 Å². The van der Waals surface area contributed by atoms with Crippen LogP contribution in [0, 0.1) is 0 Å². The molecule has 3 aromatic rings. The molecule has 0 unspecified atom stereocenters. The molecule has 0 fully saturated rings. The molecular formula is C25H26N4O3. The van der Waals surface area contributed by atoms with Crippen LogP contribution in [0.25, 0.3) is 0 Å². The molecule has 2 aromatic heterocycles. The minimum absolute atomic E-state index is 0.0136. The lowest BCUT2D eigenvalue weighted by atomic mass is 9.95. The smallest absolute Gasteiger partial charge is 0.263 e. The second-order valence-corrected chi connectivity index (χ2v) is 7.98. The maximum absolute atomic E-state index is 13.3. The van der Waals surface area contributed by atoms with Crippen molar-refractivity contribution < 1.29 is 9.59 Å². The number of pyridine rings is 2. The van der Waals surface area contributed by atoms with Crippen LogP contribution in [0.5, 0.6) is 0 Å². The molecule has 0 radical (unpaired) electrons. The van der Waals surface area contributed by atoms with Crippen LogP contribution in [0.3, 0.4) is 0 Å². The minimum Gasteiger partial charge on any atom is -0.348 e. The SMILES string of the molecule is CC(=O)N1CCc2c(cn(CCc3ccccc3)c(=O)c2C(=O)NCc2cccnc2)C1. The molecule has 0 saturated heterocycles. The van der Waals surface area contributed by atoms with Gasteiger partial charge < -0.3 is 14.8 Å². The third-order valence-corrected chi connectivity index (χ3v) is 5.80. The van der Waals surface area contributed by atoms with E-state index in [-0.39, 0.29) is 22.9 Å². The van der Waals surface area contributed by atoms with E-state index in [0.29, 0.717) is 39.0 Å². The Morgan fingerprint density at radius 2 is 1.88 bits per heavy atom. The lowest BCUT2D eigenvalue weighted by Gasteiger charge is -2.29. The van der Waals surface area contributed by atoms with E-state index in [1.807, 2.05) is 42.6 Å². The maximum atomic E-state index is 13.3. The highest BCUT2D eigenvalue weighted by atomic mass is 16.2. The summed E-state index contributed by atoms with van der Waals surface area (Å²) >= 11 is 0. The molecule has 4 rings (SSSR count). The topological polar surface area (TPSA) is 84.3 Å². The number of carbonyl (C=O) groups is 2. The highest BCUT2D eigenvalue weighted by Gasteiger charge is 2.27. The van der Waals surface area contributed by atoms with Crippen molar-refractivity contribution in [2.45, 2.75) is 39.4 Å². The fourth-order valence-corrected chi connectivity index (χ4v) is 4.05. The molecule has 0 saturated carbocycles. The van der Waals surface area contributed by atoms with Crippen LogP contribution in [0.15, 0.2) is 65.8 Å². The van der Waals surface area contributed by atoms with Gasteiger partial charge in [0.05, 0.1) is 0 Å². The number of amides is 2. The van der Waals surface area contributed by atoms with Gasteiger partial charge >= 0.3 is 0 Å². The monoisotopic (exact) mass is 430 g/mol. The third kappa shape index (κ3) is 4.77. The lowest BCUT2D eigenvalue weighted by molar-refractivity contribution is -0.129. The van der Waals surface area contributed by atoms with Gasteiger partial charge in [0.25, 0.3) is 11.5 Å². The molecule has 1 N–H and O–H groups in total. The molecule has 1 aliphatic rings. The first-order valence-corrected chi connectivity index (χ1v) is 10.7. The number of nitrogens with zero attached hydrogens (tertiary/aromatic N) is 3. The lowest BCUT2D eigenvalue weighted by Crippen LogP contribution is -2.40. The van der Waals surface area contributed by atoms with E-state index in [4.69, 9.17) is 0 Å². The Kier molecular flexibility index (Phi) is 6.44. The molecule has 7 heteroatoms. The number of aromatic nitrogens is 2. The van der Waals surface area contributed by atoms with E-state index in [0.717, 1.165) is 22.3 Å². The van der Waals surface area contributed by atoms with Crippen LogP contribution in [0.4, 0.5) is 0 Å². The number of rotatable bonds is 6. The third-order valence-electron chi connectivity index (χ3n) is 5.80. The summed E-state index contributed by atoms with van der Waals surface area (Å²) in [5.41, 5.74) is 3.46. The van der Waals surface area contributed by atoms with E-state index in [2.05, 4.69) is 10.3 Å². The van der Waals surface area contributed by atoms with Crippen molar-refractivity contribution in [2.24, 2.45) is 0 Å². The summed E-state index contributed by atoms with van der Waals surface area (Å²) in [7, 11) is 0. The molecule has 0 aliphatic carbocycles. The Hall–Kier alpha value is -3.74. The second-order valence-electron chi connectivity index (χ2n) is 7.98. The van der Waals surface area contributed by atoms with Crippen LogP contribution < -0.4 is 10.9 Å². The van der Waals surface area contributed by atoms with Gasteiger partial charge in [0.2, 0.25) is 5.91 Å². The first-order chi connectivity index (χ1) is 15.5. The van der Waals surface area contributed by atoms with Gasteiger partial charge in [-0.3, -0.25) is 19.4 Å². The van der Waals surface area contributed by atoms with Crippen molar-refractivity contribution in [3.8, 4) is 0 Å². The Morgan fingerprint density at radius 3 is 2.59 bits per heavy atom. The average molecular weight is 431 g/mol. The number of benzene rings is 1. The van der Waals surface area contributed by atoms with E-state index in [1.54, 1.807) is 27.9 Å². The van der Waals surface area contributed by atoms with Crippen molar-refractivity contribution in [1.82, 2.24) is 19.8 Å². The summed E-state index contributed by atoms with van der Waals surface area (Å²) < 4.78 is 1.61. The molecule has 0 bridgehead atoms. The van der Waals surface area contributed by atoms with Crippen LogP contribution >= 0.6 is 0 Å². The average Bonchev–Trinajstić information content (AvgIpc) is 2.82. The van der Waals surface area contributed by atoms with Crippen LogP contribution in [0.1, 0.15) is 39.5 Å². The number of carbonyl (C=O) groups excluding carboxylic acids is 2. The van der Waals surface area contributed by atoms with E-state index in [1.165, 1.54) is 6.92 Å². The highest BCUT2D eigenvalue weighted by molar-refractivity contribution is 5.95. The minimum atomic E-state index is -0.388. The Bertz CT molecular complexity index is 1170. The summed E-state index contributed by atoms with van der Waals surface area (Å²) in [5, 5.41) is 2.87. The fourth-order valence-electron chi connectivity index (χ4n) is 4.05. The predicted octanol–water partition coefficient (Wildman–Crippen LogP) is 2.32. The maximum Gasteiger partial charge on any atom is 0.263 e. The number of aryl methyl sites for hydroxylation is 2. The Labute approximate surface area is 186 Å². The molecule has 1 aliphatic heterocycles. The molecule has 0 spiro atoms. The molecule has 1 aromatic carbocycles. The number of hydrogen-bond acceptors (Lipinski definition) is 4. The van der Waals surface area contributed by atoms with Gasteiger partial charge in [0, 0.05) is 51.7 Å². The first kappa shape index (κ1) is 21.5. The van der Waals surface area contributed by atoms with Gasteiger partial charge in [-0.2, -0.15) is 0 Å². The van der Waals surface area contributed by atoms with Crippen LogP contribution in [-0.2, 0) is 37.3 Å². The van der Waals surface area contributed by atoms with E-state index >= 15 is 0 Å². The molecule has 32 heavy (non-hydrogen) atoms. The molecule has 3 heterocycles. The van der Waals surface area contributed by atoms with E-state index < -0.39 is 0 Å². The van der Waals surface area contributed by atoms with Crippen molar-refractivity contribution in [1.29, 1.82) is 0 Å². The zero-order chi connectivity index (χ0) is 22.5. The van der Waals surface area contributed by atoms with Gasteiger partial charge in [-0.1, -0.05) is 36.4 Å². The fraction of sp³-hybridized carbons (Fsp3) is 0.280. The van der Waals surface area contributed by atoms with Gasteiger partial charge in [0.15, 0.2) is 0 Å². The summed E-state index contributed by atoms with van der Waals surface area (Å²) in [5.74, 6) is -0.402. The molecule has 2 amide bonds. The quantitative estimate of drug-likeness (QED) is 0.651. The van der Waals surface area contributed by atoms with Crippen molar-refractivity contribution in [3.63, 3.8) is 0 Å². The molecule has 164 valence electrons. The summed E-state index contributed by atoms with van der Waals surface area (Å²) in [6, 6.07) is 13.6. The van der Waals surface area contributed by atoms with Gasteiger partial charge in [-0.25, -0.2) is 0 Å². The second kappa shape index (κ2) is 9.60. The van der Waals surface area contributed by atoms with Crippen LogP contribution in [0.2, 0.25) is 0 Å². The van der Waals surface area contributed by atoms with Crippen molar-refractivity contribution in [3.05, 3.63) is 99.2 Å². The molecule has 0 atom stereocenters. The van der Waals surface area contributed by atoms with Crippen LogP contribution in [-0.4, -0.2) is 32.8 Å². The Balaban J connectivity index is 1.65. The zero-order valence-corrected chi connectivity index (χ0v) is 18.1. The zero-order valence-electron chi connectivity index (χ0n) is 18.1. The largest absolute Gasteiger partial charge is 0.348 e. The number of nitrogens with one attached hydrogen (secondary N) is 1. The first-order valence-electron chi connectivity index (χ1n) is 10.7. The summed E-state index contributed by atoms with van der Waals surface area (Å²) in [6.45, 7) is 3.19. The number of hydrogen-bond donors (Lipinski definition) is 1. The van der Waals surface area contributed by atoms with Gasteiger partial charge in [-0.05, 0) is 41.2 Å². The van der Waals surface area contributed by atoms with Gasteiger partial charge in [0.1, 0.15) is 5.56 Å². The normalized spacial score (nSPS) is 12.8. The Morgan fingerprint density at radius 1 is 1.09 bits per heavy atom. The summed E-state index contributed by atoms with van der Waals surface area (Å²) in [6.07, 6.45) is 6.33. The van der Waals surface area contributed by atoms with Gasteiger partial charge in [-0.15, -0.1) is 0 Å². The summed E-state index contributed by atoms with van der Waals surface area (Å²) in [4.78, 5) is 44.2. The highest BCUT2D eigenvalue weighted by Crippen LogP contribution is 2.21. The molecular weight excluding hydrogens is 404 g/mol. The number of fused-ring (bicyclic) bond motifs is 1. The van der Waals surface area contributed by atoms with E-state index in [9.17, 15) is 14.4 Å². The predicted molar refractivity (Wildman–Crippen MR) is 121 cm³/mol. The standard InChI is InChI=1S/C25H26N4O3/c1-18(30)28-13-10-22-21(16-28)17-29(12-9-19-6-3-2-4-7-19)25(32)23(22)24(31)27-15-20-8-5-11-26-14-20/h2-8,11,14,17H,9-10,12-13,15-16H2,1H3,(H,27,31). The van der Waals surface area contributed by atoms with Crippen molar-refractivity contribution in [2.75, 3.05) is 6.54 Å².